The van der Waals surface area contributed by atoms with Crippen LogP contribution in [0, 0.1) is 0 Å². The van der Waals surface area contributed by atoms with Gasteiger partial charge in [0, 0.05) is 23.7 Å². The third-order valence-corrected chi connectivity index (χ3v) is 3.19. The molecule has 0 amide bonds. The lowest BCUT2D eigenvalue weighted by Gasteiger charge is -2.07. The third kappa shape index (κ3) is 2.20. The quantitative estimate of drug-likeness (QED) is 0.672. The van der Waals surface area contributed by atoms with E-state index in [1.165, 1.54) is 19.2 Å². The number of fused-ring (bicyclic) bond motifs is 1. The van der Waals surface area contributed by atoms with E-state index >= 15 is 0 Å². The van der Waals surface area contributed by atoms with E-state index in [1.807, 2.05) is 0 Å². The Kier molecular flexibility index (Phi) is 2.86. The summed E-state index contributed by atoms with van der Waals surface area (Å²) in [6, 6.07) is 6.14. The van der Waals surface area contributed by atoms with Gasteiger partial charge in [0.1, 0.15) is 28.2 Å². The molecule has 0 fully saturated rings. The Balaban J connectivity index is 2.26. The van der Waals surface area contributed by atoms with Crippen LogP contribution in [0.15, 0.2) is 45.6 Å². The minimum absolute atomic E-state index is 0.0613. The van der Waals surface area contributed by atoms with Gasteiger partial charge in [0.25, 0.3) is 0 Å². The molecule has 112 valence electrons. The van der Waals surface area contributed by atoms with E-state index < -0.39 is 23.0 Å². The van der Waals surface area contributed by atoms with Gasteiger partial charge < -0.3 is 24.5 Å². The SMILES string of the molecule is [2H]c1c(O)cc2oc(-c3ccc(OC)c(O)c3)cc(=O)c2c1O. The van der Waals surface area contributed by atoms with Crippen LogP contribution >= 0.6 is 0 Å². The predicted octanol–water partition coefficient (Wildman–Crippen LogP) is 2.59. The van der Waals surface area contributed by atoms with Gasteiger partial charge in [-0.05, 0) is 18.2 Å². The summed E-state index contributed by atoms with van der Waals surface area (Å²) in [5, 5.41) is 29.1. The molecule has 0 unspecified atom stereocenters. The highest BCUT2D eigenvalue weighted by molar-refractivity contribution is 5.86. The Bertz CT molecular complexity index is 976. The number of methoxy groups -OCH3 is 1. The first-order valence-electron chi connectivity index (χ1n) is 6.79. The molecule has 3 N–H and O–H groups in total. The van der Waals surface area contributed by atoms with Crippen LogP contribution in [0.25, 0.3) is 22.3 Å². The zero-order valence-electron chi connectivity index (χ0n) is 12.5. The Morgan fingerprint density at radius 1 is 1.14 bits per heavy atom. The Morgan fingerprint density at radius 3 is 2.59 bits per heavy atom. The van der Waals surface area contributed by atoms with Crippen molar-refractivity contribution in [3.63, 3.8) is 0 Å². The first kappa shape index (κ1) is 12.6. The van der Waals surface area contributed by atoms with Crippen molar-refractivity contribution in [3.05, 3.63) is 46.6 Å². The second kappa shape index (κ2) is 5.00. The largest absolute Gasteiger partial charge is 0.508 e. The van der Waals surface area contributed by atoms with Crippen LogP contribution in [0.5, 0.6) is 23.0 Å². The van der Waals surface area contributed by atoms with E-state index in [1.54, 1.807) is 6.07 Å². The summed E-state index contributed by atoms with van der Waals surface area (Å²) in [6.07, 6.45) is 0. The maximum absolute atomic E-state index is 12.2. The maximum atomic E-state index is 12.2. The number of phenols is 3. The summed E-state index contributed by atoms with van der Waals surface area (Å²) in [4.78, 5) is 12.2. The average Bonchev–Trinajstić information content (AvgIpc) is 2.52. The van der Waals surface area contributed by atoms with E-state index in [-0.39, 0.29) is 28.2 Å². The van der Waals surface area contributed by atoms with E-state index in [9.17, 15) is 20.1 Å². The minimum Gasteiger partial charge on any atom is -0.508 e. The first-order chi connectivity index (χ1) is 10.9. The second-order valence-corrected chi connectivity index (χ2v) is 4.60. The summed E-state index contributed by atoms with van der Waals surface area (Å²) in [5.74, 6) is -0.867. The summed E-state index contributed by atoms with van der Waals surface area (Å²) >= 11 is 0. The van der Waals surface area contributed by atoms with Crippen molar-refractivity contribution >= 4 is 11.0 Å². The van der Waals surface area contributed by atoms with E-state index in [2.05, 4.69) is 0 Å². The second-order valence-electron chi connectivity index (χ2n) is 4.60. The van der Waals surface area contributed by atoms with Gasteiger partial charge in [-0.1, -0.05) is 0 Å². The van der Waals surface area contributed by atoms with Gasteiger partial charge in [-0.2, -0.15) is 0 Å². The molecule has 22 heavy (non-hydrogen) atoms. The lowest BCUT2D eigenvalue weighted by Crippen LogP contribution is -2.00. The van der Waals surface area contributed by atoms with Gasteiger partial charge in [-0.25, -0.2) is 0 Å². The lowest BCUT2D eigenvalue weighted by atomic mass is 10.1. The van der Waals surface area contributed by atoms with Crippen LogP contribution in [-0.2, 0) is 0 Å². The molecular weight excluding hydrogens is 288 g/mol. The zero-order chi connectivity index (χ0) is 16.7. The molecule has 0 bridgehead atoms. The smallest absolute Gasteiger partial charge is 0.197 e. The monoisotopic (exact) mass is 301 g/mol. The fraction of sp³-hybridized carbons (Fsp3) is 0.0625. The molecule has 0 radical (unpaired) electrons. The molecule has 0 saturated heterocycles. The van der Waals surface area contributed by atoms with Crippen LogP contribution in [0.1, 0.15) is 1.37 Å². The van der Waals surface area contributed by atoms with Crippen LogP contribution in [0.4, 0.5) is 0 Å². The highest BCUT2D eigenvalue weighted by atomic mass is 16.5. The molecule has 6 nitrogen and oxygen atoms in total. The molecule has 0 aliphatic carbocycles. The van der Waals surface area contributed by atoms with Crippen LogP contribution in [0.2, 0.25) is 0 Å². The fourth-order valence-electron chi connectivity index (χ4n) is 2.18. The molecule has 0 aliphatic rings. The van der Waals surface area contributed by atoms with Gasteiger partial charge in [0.15, 0.2) is 16.9 Å². The third-order valence-electron chi connectivity index (χ3n) is 3.19. The standard InChI is InChI=1S/C16H12O6/c1-21-13-3-2-8(4-10(13)18)14-7-12(20)16-11(19)5-9(17)6-15(16)22-14/h2-7,17-19H,1H3/i5D. The number of aromatic hydroxyl groups is 3. The number of hydrogen-bond acceptors (Lipinski definition) is 6. The van der Waals surface area contributed by atoms with E-state index in [4.69, 9.17) is 10.5 Å². The summed E-state index contributed by atoms with van der Waals surface area (Å²) in [6.45, 7) is 0. The van der Waals surface area contributed by atoms with Crippen molar-refractivity contribution in [2.24, 2.45) is 0 Å². The normalized spacial score (nSPS) is 11.4. The van der Waals surface area contributed by atoms with Crippen LogP contribution in [-0.4, -0.2) is 22.4 Å². The highest BCUT2D eigenvalue weighted by Crippen LogP contribution is 2.34. The molecule has 3 aromatic rings. The molecule has 3 rings (SSSR count). The van der Waals surface area contributed by atoms with Gasteiger partial charge in [-0.3, -0.25) is 4.79 Å². The zero-order valence-corrected chi connectivity index (χ0v) is 11.5. The molecule has 0 spiro atoms. The fourth-order valence-corrected chi connectivity index (χ4v) is 2.18. The number of ether oxygens (including phenoxy) is 1. The Morgan fingerprint density at radius 2 is 1.91 bits per heavy atom. The number of phenolic OH excluding ortho intramolecular Hbond substituents is 3. The Hall–Kier alpha value is -3.15. The van der Waals surface area contributed by atoms with Gasteiger partial charge in [-0.15, -0.1) is 0 Å². The van der Waals surface area contributed by atoms with Crippen molar-refractivity contribution < 1.29 is 25.8 Å². The average molecular weight is 301 g/mol. The van der Waals surface area contributed by atoms with Gasteiger partial charge in [0.05, 0.1) is 8.48 Å². The number of benzene rings is 2. The topological polar surface area (TPSA) is 100 Å². The van der Waals surface area contributed by atoms with Crippen molar-refractivity contribution in [1.29, 1.82) is 0 Å². The minimum atomic E-state index is -0.641. The molecule has 0 saturated carbocycles. The summed E-state index contributed by atoms with van der Waals surface area (Å²) < 4.78 is 17.9. The van der Waals surface area contributed by atoms with Crippen LogP contribution < -0.4 is 10.2 Å². The maximum Gasteiger partial charge on any atom is 0.197 e. The van der Waals surface area contributed by atoms with Crippen molar-refractivity contribution in [3.8, 4) is 34.3 Å². The van der Waals surface area contributed by atoms with Crippen LogP contribution in [0.3, 0.4) is 0 Å². The van der Waals surface area contributed by atoms with Crippen molar-refractivity contribution in [2.75, 3.05) is 7.11 Å². The molecule has 6 heteroatoms. The molecule has 0 aliphatic heterocycles. The molecule has 0 atom stereocenters. The van der Waals surface area contributed by atoms with E-state index in [0.29, 0.717) is 5.56 Å². The van der Waals surface area contributed by atoms with E-state index in [0.717, 1.165) is 12.1 Å². The summed E-state index contributed by atoms with van der Waals surface area (Å²) in [5.41, 5.74) is -0.215. The molecule has 1 heterocycles. The summed E-state index contributed by atoms with van der Waals surface area (Å²) in [7, 11) is 1.41. The van der Waals surface area contributed by atoms with Crippen molar-refractivity contribution in [2.45, 2.75) is 0 Å². The number of rotatable bonds is 2. The predicted molar refractivity (Wildman–Crippen MR) is 79.5 cm³/mol. The highest BCUT2D eigenvalue weighted by Gasteiger charge is 2.13. The van der Waals surface area contributed by atoms with Crippen molar-refractivity contribution in [1.82, 2.24) is 0 Å². The molecule has 1 aromatic heterocycles. The van der Waals surface area contributed by atoms with Gasteiger partial charge in [0.2, 0.25) is 0 Å². The Labute approximate surface area is 125 Å². The lowest BCUT2D eigenvalue weighted by molar-refractivity contribution is 0.373. The van der Waals surface area contributed by atoms with Gasteiger partial charge >= 0.3 is 0 Å². The number of hydrogen-bond donors (Lipinski definition) is 3. The molecule has 2 aromatic carbocycles. The molecular formula is C16H12O6. The first-order valence-corrected chi connectivity index (χ1v) is 6.29.